The Labute approximate surface area is 189 Å². The average Bonchev–Trinajstić information content (AvgIpc) is 3.17. The van der Waals surface area contributed by atoms with Crippen LogP contribution in [0.2, 0.25) is 0 Å². The summed E-state index contributed by atoms with van der Waals surface area (Å²) in [6, 6.07) is 12.9. The molecule has 2 amide bonds. The van der Waals surface area contributed by atoms with Crippen molar-refractivity contribution < 1.29 is 9.59 Å². The number of rotatable bonds is 9. The summed E-state index contributed by atoms with van der Waals surface area (Å²) < 4.78 is 1.93. The molecule has 2 heterocycles. The van der Waals surface area contributed by atoms with Crippen molar-refractivity contribution in [3.8, 4) is 0 Å². The molecule has 7 nitrogen and oxygen atoms in total. The number of para-hydroxylation sites is 2. The summed E-state index contributed by atoms with van der Waals surface area (Å²) in [5.41, 5.74) is 2.02. The SMILES string of the molecule is CCC(C)N(C(=O)Cn1c(C(C)NC(=O)c2ccccn2)nc2ccccc21)C(C)CC. The molecule has 32 heavy (non-hydrogen) atoms. The molecule has 0 spiro atoms. The summed E-state index contributed by atoms with van der Waals surface area (Å²) in [5, 5.41) is 2.97. The van der Waals surface area contributed by atoms with E-state index in [1.165, 1.54) is 0 Å². The Kier molecular flexibility index (Phi) is 7.62. The second kappa shape index (κ2) is 10.4. The van der Waals surface area contributed by atoms with Crippen LogP contribution in [0.4, 0.5) is 0 Å². The van der Waals surface area contributed by atoms with Gasteiger partial charge in [-0.1, -0.05) is 32.0 Å². The maximum absolute atomic E-state index is 13.5. The number of carbonyl (C=O) groups excluding carboxylic acids is 2. The molecule has 0 aliphatic rings. The second-order valence-corrected chi connectivity index (χ2v) is 8.27. The monoisotopic (exact) mass is 435 g/mol. The van der Waals surface area contributed by atoms with Gasteiger partial charge in [-0.2, -0.15) is 0 Å². The van der Waals surface area contributed by atoms with Gasteiger partial charge in [0.1, 0.15) is 18.1 Å². The van der Waals surface area contributed by atoms with E-state index in [1.807, 2.05) is 40.7 Å². The van der Waals surface area contributed by atoms with Gasteiger partial charge < -0.3 is 14.8 Å². The number of amides is 2. The van der Waals surface area contributed by atoms with Crippen molar-refractivity contribution in [1.82, 2.24) is 24.8 Å². The molecule has 0 radical (unpaired) electrons. The molecule has 1 aromatic carbocycles. The first-order chi connectivity index (χ1) is 15.4. The first-order valence-electron chi connectivity index (χ1n) is 11.4. The number of hydrogen-bond donors (Lipinski definition) is 1. The van der Waals surface area contributed by atoms with Crippen LogP contribution in [0.5, 0.6) is 0 Å². The highest BCUT2D eigenvalue weighted by Gasteiger charge is 2.26. The van der Waals surface area contributed by atoms with Gasteiger partial charge in [-0.05, 0) is 57.9 Å². The summed E-state index contributed by atoms with van der Waals surface area (Å²) in [6.07, 6.45) is 3.38. The van der Waals surface area contributed by atoms with Gasteiger partial charge >= 0.3 is 0 Å². The molecule has 170 valence electrons. The molecule has 3 aromatic rings. The van der Waals surface area contributed by atoms with E-state index in [9.17, 15) is 9.59 Å². The molecule has 0 saturated carbocycles. The highest BCUT2D eigenvalue weighted by atomic mass is 16.2. The smallest absolute Gasteiger partial charge is 0.270 e. The number of hydrogen-bond acceptors (Lipinski definition) is 4. The standard InChI is InChI=1S/C25H33N5O2/c1-6-17(3)30(18(4)7-2)23(31)16-29-22-14-9-8-12-20(22)28-24(29)19(5)27-25(32)21-13-10-11-15-26-21/h8-15,17-19H,6-7,16H2,1-5H3,(H,27,32). The van der Waals surface area contributed by atoms with E-state index in [0.29, 0.717) is 11.5 Å². The zero-order valence-electron chi connectivity index (χ0n) is 19.6. The average molecular weight is 436 g/mol. The predicted molar refractivity (Wildman–Crippen MR) is 126 cm³/mol. The van der Waals surface area contributed by atoms with Gasteiger partial charge in [-0.15, -0.1) is 0 Å². The Hall–Kier alpha value is -3.22. The van der Waals surface area contributed by atoms with Gasteiger partial charge in [0, 0.05) is 18.3 Å². The third-order valence-electron chi connectivity index (χ3n) is 6.03. The minimum atomic E-state index is -0.398. The molecule has 0 aliphatic carbocycles. The lowest BCUT2D eigenvalue weighted by Crippen LogP contribution is -2.46. The third kappa shape index (κ3) is 4.98. The maximum Gasteiger partial charge on any atom is 0.270 e. The third-order valence-corrected chi connectivity index (χ3v) is 6.03. The lowest BCUT2D eigenvalue weighted by Gasteiger charge is -2.34. The number of benzene rings is 1. The Morgan fingerprint density at radius 2 is 1.66 bits per heavy atom. The fraction of sp³-hybridized carbons (Fsp3) is 0.440. The van der Waals surface area contributed by atoms with Crippen LogP contribution in [0.25, 0.3) is 11.0 Å². The van der Waals surface area contributed by atoms with Crippen molar-refractivity contribution in [1.29, 1.82) is 0 Å². The van der Waals surface area contributed by atoms with Crippen LogP contribution in [0.15, 0.2) is 48.7 Å². The van der Waals surface area contributed by atoms with Crippen LogP contribution in [-0.4, -0.2) is 43.3 Å². The Morgan fingerprint density at radius 1 is 1.00 bits per heavy atom. The van der Waals surface area contributed by atoms with Gasteiger partial charge in [0.2, 0.25) is 5.91 Å². The van der Waals surface area contributed by atoms with E-state index in [2.05, 4.69) is 38.0 Å². The normalized spacial score (nSPS) is 14.0. The lowest BCUT2D eigenvalue weighted by molar-refractivity contribution is -0.136. The van der Waals surface area contributed by atoms with Crippen molar-refractivity contribution in [2.24, 2.45) is 0 Å². The number of carbonyl (C=O) groups is 2. The van der Waals surface area contributed by atoms with Gasteiger partial charge in [-0.25, -0.2) is 4.98 Å². The van der Waals surface area contributed by atoms with Crippen LogP contribution in [0, 0.1) is 0 Å². The molecule has 3 rings (SSSR count). The van der Waals surface area contributed by atoms with E-state index >= 15 is 0 Å². The Bertz CT molecular complexity index is 1050. The summed E-state index contributed by atoms with van der Waals surface area (Å²) in [6.45, 7) is 10.4. The largest absolute Gasteiger partial charge is 0.341 e. The molecule has 3 atom stereocenters. The molecule has 0 bridgehead atoms. The zero-order chi connectivity index (χ0) is 23.3. The molecule has 0 fully saturated rings. The fourth-order valence-electron chi connectivity index (χ4n) is 3.96. The number of nitrogens with one attached hydrogen (secondary N) is 1. The Morgan fingerprint density at radius 3 is 2.28 bits per heavy atom. The van der Waals surface area contributed by atoms with E-state index in [4.69, 9.17) is 4.98 Å². The second-order valence-electron chi connectivity index (χ2n) is 8.27. The molecular weight excluding hydrogens is 402 g/mol. The van der Waals surface area contributed by atoms with E-state index in [1.54, 1.807) is 24.4 Å². The maximum atomic E-state index is 13.5. The molecule has 0 saturated heterocycles. The lowest BCUT2D eigenvalue weighted by atomic mass is 10.1. The zero-order valence-corrected chi connectivity index (χ0v) is 19.6. The predicted octanol–water partition coefficient (Wildman–Crippen LogP) is 4.35. The van der Waals surface area contributed by atoms with Gasteiger partial charge in [-0.3, -0.25) is 14.6 Å². The van der Waals surface area contributed by atoms with Crippen LogP contribution in [-0.2, 0) is 11.3 Å². The number of aromatic nitrogens is 3. The highest BCUT2D eigenvalue weighted by Crippen LogP contribution is 2.22. The van der Waals surface area contributed by atoms with E-state index in [-0.39, 0.29) is 30.4 Å². The van der Waals surface area contributed by atoms with Crippen LogP contribution in [0.3, 0.4) is 0 Å². The number of imidazole rings is 1. The summed E-state index contributed by atoms with van der Waals surface area (Å²) in [4.78, 5) is 37.0. The van der Waals surface area contributed by atoms with Crippen molar-refractivity contribution in [2.75, 3.05) is 0 Å². The van der Waals surface area contributed by atoms with Crippen LogP contribution < -0.4 is 5.32 Å². The van der Waals surface area contributed by atoms with Crippen molar-refractivity contribution in [3.63, 3.8) is 0 Å². The van der Waals surface area contributed by atoms with Crippen LogP contribution in [0.1, 0.15) is 69.8 Å². The summed E-state index contributed by atoms with van der Waals surface area (Å²) >= 11 is 0. The van der Waals surface area contributed by atoms with E-state index < -0.39 is 6.04 Å². The van der Waals surface area contributed by atoms with Gasteiger partial charge in [0.15, 0.2) is 0 Å². The molecule has 7 heteroatoms. The minimum Gasteiger partial charge on any atom is -0.341 e. The van der Waals surface area contributed by atoms with E-state index in [0.717, 1.165) is 23.9 Å². The molecule has 0 aliphatic heterocycles. The highest BCUT2D eigenvalue weighted by molar-refractivity contribution is 5.92. The molecule has 2 aromatic heterocycles. The molecule has 3 unspecified atom stereocenters. The topological polar surface area (TPSA) is 80.1 Å². The number of nitrogens with zero attached hydrogens (tertiary/aromatic N) is 4. The quantitative estimate of drug-likeness (QED) is 0.542. The first-order valence-corrected chi connectivity index (χ1v) is 11.4. The summed E-state index contributed by atoms with van der Waals surface area (Å²) in [5.74, 6) is 0.433. The summed E-state index contributed by atoms with van der Waals surface area (Å²) in [7, 11) is 0. The minimum absolute atomic E-state index is 0.0568. The fourth-order valence-corrected chi connectivity index (χ4v) is 3.96. The number of pyridine rings is 1. The molecule has 1 N–H and O–H groups in total. The van der Waals surface area contributed by atoms with Crippen molar-refractivity contribution >= 4 is 22.8 Å². The Balaban J connectivity index is 1.93. The van der Waals surface area contributed by atoms with Crippen LogP contribution >= 0.6 is 0 Å². The first kappa shape index (κ1) is 23.4. The number of fused-ring (bicyclic) bond motifs is 1. The van der Waals surface area contributed by atoms with Crippen molar-refractivity contribution in [3.05, 3.63) is 60.2 Å². The van der Waals surface area contributed by atoms with Gasteiger partial charge in [0.05, 0.1) is 17.1 Å². The van der Waals surface area contributed by atoms with Gasteiger partial charge in [0.25, 0.3) is 5.91 Å². The molecular formula is C25H33N5O2. The van der Waals surface area contributed by atoms with Crippen molar-refractivity contribution in [2.45, 2.75) is 72.1 Å².